The molecule has 0 bridgehead atoms. The molecule has 2 aromatic carbocycles. The highest BCUT2D eigenvalue weighted by molar-refractivity contribution is 7.29. The summed E-state index contributed by atoms with van der Waals surface area (Å²) in [5.41, 5.74) is 11.0. The van der Waals surface area contributed by atoms with Crippen LogP contribution in [0.4, 0.5) is 11.4 Å². The van der Waals surface area contributed by atoms with E-state index in [1.807, 2.05) is 34.0 Å². The van der Waals surface area contributed by atoms with Gasteiger partial charge in [0, 0.05) is 58.4 Å². The molecule has 9 rings (SSSR count). The third-order valence-corrected chi connectivity index (χ3v) is 16.9. The van der Waals surface area contributed by atoms with Crippen LogP contribution in [0, 0.1) is 0 Å². The Morgan fingerprint density at radius 1 is 0.782 bits per heavy atom. The first-order valence-electron chi connectivity index (χ1n) is 20.3. The Hall–Kier alpha value is -3.81. The first-order chi connectivity index (χ1) is 27.0. The monoisotopic (exact) mass is 795 g/mol. The van der Waals surface area contributed by atoms with Crippen molar-refractivity contribution < 1.29 is 4.79 Å². The van der Waals surface area contributed by atoms with E-state index in [-0.39, 0.29) is 5.54 Å². The molecule has 2 aliphatic carbocycles. The van der Waals surface area contributed by atoms with Crippen LogP contribution >= 0.6 is 45.3 Å². The number of carbonyl (C=O) groups excluding carboxylic acids is 1. The number of fused-ring (bicyclic) bond motifs is 6. The summed E-state index contributed by atoms with van der Waals surface area (Å²) in [7, 11) is 0. The second-order valence-corrected chi connectivity index (χ2v) is 20.0. The second-order valence-electron chi connectivity index (χ2n) is 15.7. The van der Waals surface area contributed by atoms with Crippen LogP contribution in [0.1, 0.15) is 120 Å². The lowest BCUT2D eigenvalue weighted by molar-refractivity contribution is 0.112. The van der Waals surface area contributed by atoms with Crippen LogP contribution in [0.2, 0.25) is 0 Å². The van der Waals surface area contributed by atoms with E-state index in [2.05, 4.69) is 123 Å². The van der Waals surface area contributed by atoms with Gasteiger partial charge >= 0.3 is 0 Å². The van der Waals surface area contributed by atoms with E-state index in [0.717, 1.165) is 30.4 Å². The number of allylic oxidation sites excluding steroid dienone is 3. The number of carbonyl (C=O) groups is 1. The molecule has 0 fully saturated rings. The van der Waals surface area contributed by atoms with Gasteiger partial charge < -0.3 is 4.90 Å². The third kappa shape index (κ3) is 6.77. The lowest BCUT2D eigenvalue weighted by Crippen LogP contribution is -2.41. The van der Waals surface area contributed by atoms with Crippen molar-refractivity contribution in [2.75, 3.05) is 4.90 Å². The molecule has 0 radical (unpaired) electrons. The van der Waals surface area contributed by atoms with Crippen LogP contribution < -0.4 is 4.90 Å². The van der Waals surface area contributed by atoms with E-state index in [4.69, 9.17) is 0 Å². The number of aryl methyl sites for hydroxylation is 2. The minimum Gasteiger partial charge on any atom is -0.331 e. The molecule has 0 spiro atoms. The minimum atomic E-state index is -0.126. The molecule has 0 amide bonds. The molecule has 280 valence electrons. The first-order valence-corrected chi connectivity index (χ1v) is 23.6. The Kier molecular flexibility index (Phi) is 10.4. The molecule has 4 aromatic heterocycles. The normalized spacial score (nSPS) is 18.3. The number of benzene rings is 2. The van der Waals surface area contributed by atoms with E-state index in [9.17, 15) is 4.79 Å². The summed E-state index contributed by atoms with van der Waals surface area (Å²) in [6.45, 7) is 6.99. The highest BCUT2D eigenvalue weighted by Crippen LogP contribution is 2.54. The van der Waals surface area contributed by atoms with Gasteiger partial charge in [0.05, 0.1) is 15.1 Å². The summed E-state index contributed by atoms with van der Waals surface area (Å²) in [5, 5.41) is 0. The Morgan fingerprint density at radius 3 is 2.27 bits per heavy atom. The van der Waals surface area contributed by atoms with Crippen molar-refractivity contribution >= 4 is 84.1 Å². The fraction of sp³-hybridized carbons (Fsp3) is 0.327. The highest BCUT2D eigenvalue weighted by Gasteiger charge is 2.46. The quantitative estimate of drug-likeness (QED) is 0.0762. The predicted octanol–water partition coefficient (Wildman–Crippen LogP) is 15.7. The predicted molar refractivity (Wildman–Crippen MR) is 243 cm³/mol. The number of anilines is 2. The van der Waals surface area contributed by atoms with E-state index in [1.165, 1.54) is 130 Å². The topological polar surface area (TPSA) is 20.3 Å². The van der Waals surface area contributed by atoms with Gasteiger partial charge in [0.15, 0.2) is 6.29 Å². The van der Waals surface area contributed by atoms with Crippen molar-refractivity contribution in [3.8, 4) is 20.2 Å². The third-order valence-electron chi connectivity index (χ3n) is 11.9. The Balaban J connectivity index is 1.07. The number of nitrogens with zero attached hydrogens (tertiary/aromatic N) is 1. The molecule has 6 aromatic rings. The molecule has 0 N–H and O–H groups in total. The van der Waals surface area contributed by atoms with Gasteiger partial charge in [0.25, 0.3) is 0 Å². The van der Waals surface area contributed by atoms with Crippen LogP contribution in [-0.2, 0) is 19.3 Å². The van der Waals surface area contributed by atoms with Gasteiger partial charge in [-0.2, -0.15) is 0 Å². The lowest BCUT2D eigenvalue weighted by atomic mass is 9.80. The Bertz CT molecular complexity index is 2440. The van der Waals surface area contributed by atoms with Crippen molar-refractivity contribution in [2.24, 2.45) is 0 Å². The molecule has 0 saturated heterocycles. The molecule has 2 nitrogen and oxygen atoms in total. The van der Waals surface area contributed by atoms with Gasteiger partial charge in [-0.15, -0.1) is 45.3 Å². The minimum absolute atomic E-state index is 0.126. The average molecular weight is 796 g/mol. The maximum absolute atomic E-state index is 11.5. The maximum atomic E-state index is 11.5. The molecule has 55 heavy (non-hydrogen) atoms. The van der Waals surface area contributed by atoms with Crippen LogP contribution in [-0.4, -0.2) is 11.8 Å². The summed E-state index contributed by atoms with van der Waals surface area (Å²) in [6, 6.07) is 25.6. The van der Waals surface area contributed by atoms with Crippen molar-refractivity contribution in [3.05, 3.63) is 128 Å². The molecule has 0 saturated carbocycles. The van der Waals surface area contributed by atoms with Crippen molar-refractivity contribution in [3.63, 3.8) is 0 Å². The molecule has 6 heteroatoms. The molecular weight excluding hydrogens is 747 g/mol. The van der Waals surface area contributed by atoms with Gasteiger partial charge in [-0.05, 0) is 103 Å². The standard InChI is InChI=1S/C49H49NOS4/c1-4-6-8-10-16-33-28-44(55-46(33)32-21-23-36(24-22-32)50-41-20-13-12-18-38(41)40-19-14-15-25-49(40,50)3)47-34(17-11-9-7-5-2)27-42(54-47)35-26-39-43(29-35)53-45-30-37(31-51)52-48(39)45/h12-15,18-28,30-31,40H,4-11,16-17,29H2,1-3H3. The van der Waals surface area contributed by atoms with E-state index in [1.54, 1.807) is 11.3 Å². The fourth-order valence-corrected chi connectivity index (χ4v) is 14.1. The van der Waals surface area contributed by atoms with Crippen molar-refractivity contribution in [2.45, 2.75) is 103 Å². The van der Waals surface area contributed by atoms with Gasteiger partial charge in [-0.25, -0.2) is 0 Å². The maximum Gasteiger partial charge on any atom is 0.160 e. The SMILES string of the molecule is CCCCCCc1cc(-c2sc(C3=Cc4c(sc5cc(C=O)sc45)C3)cc2CCCCCC)sc1-c1ccc(N2c3ccccc3C3C=CC=CC32C)cc1. The second kappa shape index (κ2) is 15.6. The number of thiophene rings is 4. The van der Waals surface area contributed by atoms with Gasteiger partial charge in [-0.3, -0.25) is 4.79 Å². The summed E-state index contributed by atoms with van der Waals surface area (Å²) in [6.07, 6.45) is 26.0. The number of hydrogen-bond acceptors (Lipinski definition) is 6. The Labute approximate surface area is 342 Å². The van der Waals surface area contributed by atoms with E-state index >= 15 is 0 Å². The summed E-state index contributed by atoms with van der Waals surface area (Å²) >= 11 is 7.53. The van der Waals surface area contributed by atoms with E-state index in [0.29, 0.717) is 5.92 Å². The van der Waals surface area contributed by atoms with Crippen molar-refractivity contribution in [1.29, 1.82) is 0 Å². The van der Waals surface area contributed by atoms with Crippen LogP contribution in [0.5, 0.6) is 0 Å². The van der Waals surface area contributed by atoms with Crippen LogP contribution in [0.3, 0.4) is 0 Å². The van der Waals surface area contributed by atoms with Crippen LogP contribution in [0.25, 0.3) is 41.2 Å². The number of unbranched alkanes of at least 4 members (excludes halogenated alkanes) is 6. The largest absolute Gasteiger partial charge is 0.331 e. The molecule has 1 aliphatic heterocycles. The molecular formula is C49H49NOS4. The summed E-state index contributed by atoms with van der Waals surface area (Å²) in [5.74, 6) is 0.342. The van der Waals surface area contributed by atoms with Gasteiger partial charge in [0.1, 0.15) is 0 Å². The summed E-state index contributed by atoms with van der Waals surface area (Å²) in [4.78, 5) is 22.1. The highest BCUT2D eigenvalue weighted by atomic mass is 32.1. The molecule has 2 atom stereocenters. The first kappa shape index (κ1) is 36.8. The molecule has 2 unspecified atom stereocenters. The fourth-order valence-electron chi connectivity index (χ4n) is 9.05. The smallest absolute Gasteiger partial charge is 0.160 e. The number of aldehydes is 1. The molecule has 5 heterocycles. The van der Waals surface area contributed by atoms with Gasteiger partial charge in [-0.1, -0.05) is 107 Å². The lowest BCUT2D eigenvalue weighted by Gasteiger charge is -2.39. The van der Waals surface area contributed by atoms with Crippen LogP contribution in [0.15, 0.2) is 91.0 Å². The zero-order chi connectivity index (χ0) is 37.5. The average Bonchev–Trinajstić information content (AvgIpc) is 4.05. The number of para-hydroxylation sites is 1. The number of hydrogen-bond donors (Lipinski definition) is 0. The molecule has 3 aliphatic rings. The van der Waals surface area contributed by atoms with Crippen molar-refractivity contribution in [1.82, 2.24) is 0 Å². The zero-order valence-corrected chi connectivity index (χ0v) is 35.4. The van der Waals surface area contributed by atoms with Gasteiger partial charge in [0.2, 0.25) is 0 Å². The zero-order valence-electron chi connectivity index (χ0n) is 32.2. The van der Waals surface area contributed by atoms with E-state index < -0.39 is 0 Å². The summed E-state index contributed by atoms with van der Waals surface area (Å²) < 4.78 is 2.54. The number of rotatable bonds is 15. The Morgan fingerprint density at radius 2 is 1.51 bits per heavy atom.